The number of carbonyl (C=O) groups excluding carboxylic acids is 1. The molecule has 0 saturated carbocycles. The number of halogens is 1. The quantitative estimate of drug-likeness (QED) is 0.159. The Kier molecular flexibility index (Phi) is 10.6. The number of aromatic nitrogens is 2. The minimum Gasteiger partial charge on any atom is -0.481 e. The Labute approximate surface area is 199 Å². The molecule has 0 spiro atoms. The number of thiocarbonyl (C=S) groups is 1. The summed E-state index contributed by atoms with van der Waals surface area (Å²) < 4.78 is 5.95. The van der Waals surface area contributed by atoms with E-state index in [2.05, 4.69) is 47.2 Å². The molecule has 0 aliphatic rings. The first-order valence-electron chi connectivity index (χ1n) is 9.93. The lowest BCUT2D eigenvalue weighted by atomic mass is 10.3. The molecular formula is C20H25BrN6O4S. The summed E-state index contributed by atoms with van der Waals surface area (Å²) in [5.41, 5.74) is 1.03. The van der Waals surface area contributed by atoms with Crippen LogP contribution in [0.1, 0.15) is 30.1 Å². The van der Waals surface area contributed by atoms with Crippen molar-refractivity contribution in [2.45, 2.75) is 19.8 Å². The lowest BCUT2D eigenvalue weighted by Gasteiger charge is -2.13. The number of benzene rings is 1. The summed E-state index contributed by atoms with van der Waals surface area (Å²) in [6.07, 6.45) is 2.08. The molecule has 0 aliphatic heterocycles. The number of aliphatic carboxylic acids is 1. The number of ether oxygens (including phenoxy) is 1. The molecular weight excluding hydrogens is 500 g/mol. The number of nitrogens with one attached hydrogen (secondary N) is 4. The normalized spacial score (nSPS) is 10.2. The molecule has 32 heavy (non-hydrogen) atoms. The molecule has 0 atom stereocenters. The van der Waals surface area contributed by atoms with E-state index in [0.29, 0.717) is 36.4 Å². The minimum atomic E-state index is -0.889. The molecule has 1 heterocycles. The molecule has 0 fully saturated rings. The molecule has 0 amide bonds. The highest BCUT2D eigenvalue weighted by Gasteiger charge is 2.16. The van der Waals surface area contributed by atoms with Crippen molar-refractivity contribution < 1.29 is 19.4 Å². The Bertz CT molecular complexity index is 946. The van der Waals surface area contributed by atoms with Gasteiger partial charge in [0, 0.05) is 30.3 Å². The molecule has 0 aliphatic carbocycles. The summed E-state index contributed by atoms with van der Waals surface area (Å²) in [7, 11) is 0. The Hall–Kier alpha value is -2.99. The summed E-state index contributed by atoms with van der Waals surface area (Å²) in [5.74, 6) is -0.714. The number of carboxylic acids is 1. The van der Waals surface area contributed by atoms with Gasteiger partial charge in [-0.15, -0.1) is 0 Å². The zero-order valence-electron chi connectivity index (χ0n) is 17.5. The first-order valence-corrected chi connectivity index (χ1v) is 11.1. The minimum absolute atomic E-state index is 0.0103. The molecule has 1 aromatic heterocycles. The highest BCUT2D eigenvalue weighted by Crippen LogP contribution is 2.25. The topological polar surface area (TPSA) is 138 Å². The van der Waals surface area contributed by atoms with E-state index in [1.165, 1.54) is 6.20 Å². The smallest absolute Gasteiger partial charge is 0.343 e. The van der Waals surface area contributed by atoms with Crippen molar-refractivity contribution in [1.29, 1.82) is 0 Å². The van der Waals surface area contributed by atoms with Crippen molar-refractivity contribution in [3.8, 4) is 0 Å². The van der Waals surface area contributed by atoms with Crippen molar-refractivity contribution >= 4 is 62.7 Å². The zero-order chi connectivity index (χ0) is 23.3. The largest absolute Gasteiger partial charge is 0.481 e. The van der Waals surface area contributed by atoms with E-state index < -0.39 is 11.9 Å². The Morgan fingerprint density at radius 1 is 1.19 bits per heavy atom. The standard InChI is InChI=1S/C20H25BrN6O4S/c1-2-31-18(30)13-12-25-19(26-15-7-4-3-6-14(15)21)27-17(13)22-9-5-10-23-20(32)24-11-8-16(28)29/h3-4,6-7,12H,2,5,8-11H2,1H3,(H,28,29)(H2,23,24,32)(H2,22,25,26,27). The zero-order valence-corrected chi connectivity index (χ0v) is 19.9. The number of para-hydroxylation sites is 1. The molecule has 2 aromatic rings. The maximum absolute atomic E-state index is 12.3. The molecule has 5 N–H and O–H groups in total. The van der Waals surface area contributed by atoms with Gasteiger partial charge in [-0.2, -0.15) is 4.98 Å². The number of anilines is 3. The number of nitrogens with zero attached hydrogens (tertiary/aromatic N) is 2. The molecule has 0 unspecified atom stereocenters. The number of esters is 1. The first-order chi connectivity index (χ1) is 15.4. The second kappa shape index (κ2) is 13.4. The fourth-order valence-corrected chi connectivity index (χ4v) is 3.05. The molecule has 0 radical (unpaired) electrons. The second-order valence-corrected chi connectivity index (χ2v) is 7.65. The molecule has 2 rings (SSSR count). The van der Waals surface area contributed by atoms with Crippen LogP contribution in [0.2, 0.25) is 0 Å². The highest BCUT2D eigenvalue weighted by atomic mass is 79.9. The van der Waals surface area contributed by atoms with Gasteiger partial charge in [-0.3, -0.25) is 4.79 Å². The average molecular weight is 525 g/mol. The van der Waals surface area contributed by atoms with Crippen LogP contribution in [0, 0.1) is 0 Å². The summed E-state index contributed by atoms with van der Waals surface area (Å²) >= 11 is 8.56. The van der Waals surface area contributed by atoms with Crippen LogP contribution in [0.25, 0.3) is 0 Å². The Morgan fingerprint density at radius 2 is 1.94 bits per heavy atom. The van der Waals surface area contributed by atoms with Crippen LogP contribution in [0.3, 0.4) is 0 Å². The van der Waals surface area contributed by atoms with Crippen molar-refractivity contribution in [2.75, 3.05) is 36.9 Å². The third kappa shape index (κ3) is 8.63. The van der Waals surface area contributed by atoms with Crippen molar-refractivity contribution in [2.24, 2.45) is 0 Å². The summed E-state index contributed by atoms with van der Waals surface area (Å²) in [5, 5.41) is 21.1. The summed E-state index contributed by atoms with van der Waals surface area (Å²) in [6.45, 7) is 3.28. The van der Waals surface area contributed by atoms with Gasteiger partial charge in [0.15, 0.2) is 5.11 Å². The molecule has 0 saturated heterocycles. The maximum atomic E-state index is 12.3. The van der Waals surface area contributed by atoms with Gasteiger partial charge in [-0.1, -0.05) is 12.1 Å². The van der Waals surface area contributed by atoms with Crippen LogP contribution in [0.5, 0.6) is 0 Å². The highest BCUT2D eigenvalue weighted by molar-refractivity contribution is 9.10. The third-order valence-corrected chi connectivity index (χ3v) is 4.94. The van der Waals surface area contributed by atoms with E-state index in [-0.39, 0.29) is 25.1 Å². The third-order valence-electron chi connectivity index (χ3n) is 3.96. The van der Waals surface area contributed by atoms with E-state index in [1.54, 1.807) is 6.92 Å². The van der Waals surface area contributed by atoms with E-state index in [1.807, 2.05) is 24.3 Å². The van der Waals surface area contributed by atoms with Gasteiger partial charge in [0.1, 0.15) is 11.4 Å². The number of hydrogen-bond acceptors (Lipinski definition) is 8. The summed E-state index contributed by atoms with van der Waals surface area (Å²) in [4.78, 5) is 31.4. The van der Waals surface area contributed by atoms with Gasteiger partial charge in [-0.05, 0) is 53.6 Å². The van der Waals surface area contributed by atoms with E-state index in [4.69, 9.17) is 22.1 Å². The number of rotatable bonds is 12. The van der Waals surface area contributed by atoms with Gasteiger partial charge in [-0.25, -0.2) is 9.78 Å². The maximum Gasteiger partial charge on any atom is 0.343 e. The summed E-state index contributed by atoms with van der Waals surface area (Å²) in [6, 6.07) is 7.54. The van der Waals surface area contributed by atoms with Crippen LogP contribution >= 0.6 is 28.1 Å². The van der Waals surface area contributed by atoms with Gasteiger partial charge >= 0.3 is 11.9 Å². The van der Waals surface area contributed by atoms with Gasteiger partial charge in [0.05, 0.1) is 18.7 Å². The first kappa shape index (κ1) is 25.3. The molecule has 10 nitrogen and oxygen atoms in total. The molecule has 172 valence electrons. The van der Waals surface area contributed by atoms with E-state index in [9.17, 15) is 9.59 Å². The molecule has 12 heteroatoms. The fraction of sp³-hybridized carbons (Fsp3) is 0.350. The second-order valence-electron chi connectivity index (χ2n) is 6.39. The van der Waals surface area contributed by atoms with Gasteiger partial charge in [0.2, 0.25) is 5.95 Å². The van der Waals surface area contributed by atoms with Crippen LogP contribution in [0.15, 0.2) is 34.9 Å². The molecule has 1 aromatic carbocycles. The Morgan fingerprint density at radius 3 is 2.66 bits per heavy atom. The van der Waals surface area contributed by atoms with Crippen molar-refractivity contribution in [3.63, 3.8) is 0 Å². The lowest BCUT2D eigenvalue weighted by Crippen LogP contribution is -2.37. The number of carboxylic acid groups (broad SMARTS) is 1. The van der Waals surface area contributed by atoms with Gasteiger partial charge < -0.3 is 31.1 Å². The lowest BCUT2D eigenvalue weighted by molar-refractivity contribution is -0.136. The van der Waals surface area contributed by atoms with Crippen LogP contribution in [0.4, 0.5) is 17.5 Å². The van der Waals surface area contributed by atoms with E-state index >= 15 is 0 Å². The average Bonchev–Trinajstić information content (AvgIpc) is 2.75. The van der Waals surface area contributed by atoms with Crippen LogP contribution < -0.4 is 21.3 Å². The van der Waals surface area contributed by atoms with Crippen molar-refractivity contribution in [1.82, 2.24) is 20.6 Å². The SMILES string of the molecule is CCOC(=O)c1cnc(Nc2ccccc2Br)nc1NCCCNC(=S)NCCC(=O)O. The number of hydrogen-bond donors (Lipinski definition) is 5. The number of carbonyl (C=O) groups is 2. The Balaban J connectivity index is 1.95. The van der Waals surface area contributed by atoms with Crippen LogP contribution in [-0.4, -0.2) is 58.4 Å². The predicted molar refractivity (Wildman–Crippen MR) is 129 cm³/mol. The van der Waals surface area contributed by atoms with E-state index in [0.717, 1.165) is 10.2 Å². The molecule has 0 bridgehead atoms. The predicted octanol–water partition coefficient (Wildman–Crippen LogP) is 2.90. The fourth-order valence-electron chi connectivity index (χ4n) is 2.46. The monoisotopic (exact) mass is 524 g/mol. The van der Waals surface area contributed by atoms with Gasteiger partial charge in [0.25, 0.3) is 0 Å². The van der Waals surface area contributed by atoms with Crippen LogP contribution in [-0.2, 0) is 9.53 Å². The van der Waals surface area contributed by atoms with Crippen molar-refractivity contribution in [3.05, 3.63) is 40.5 Å².